The molecule has 4 heteroatoms. The molecule has 0 aliphatic heterocycles. The summed E-state index contributed by atoms with van der Waals surface area (Å²) in [5, 5.41) is 10.2. The van der Waals surface area contributed by atoms with Crippen molar-refractivity contribution < 1.29 is 0 Å². The maximum absolute atomic E-state index is 2.44. The molecule has 4 heterocycles. The lowest BCUT2D eigenvalue weighted by atomic mass is 10.0. The molecule has 0 unspecified atom stereocenters. The zero-order valence-electron chi connectivity index (χ0n) is 38.0. The predicted octanol–water partition coefficient (Wildman–Crippen LogP) is 17.8. The Morgan fingerprint density at radius 1 is 0.229 bits per heavy atom. The molecular weight excluding hydrogens is 849 g/mol. The molecule has 15 aromatic rings. The molecule has 0 saturated heterocycles. The molecule has 0 N–H and O–H groups in total. The minimum absolute atomic E-state index is 1.08. The second kappa shape index (κ2) is 15.1. The maximum atomic E-state index is 2.44. The Bertz CT molecular complexity index is 4390. The van der Waals surface area contributed by atoms with Crippen LogP contribution in [0.1, 0.15) is 0 Å². The minimum Gasteiger partial charge on any atom is -0.311 e. The number of hydrogen-bond acceptors (Lipinski definition) is 1. The van der Waals surface area contributed by atoms with Gasteiger partial charge in [0.25, 0.3) is 0 Å². The highest BCUT2D eigenvalue weighted by molar-refractivity contribution is 6.23. The van der Waals surface area contributed by atoms with E-state index in [1.807, 2.05) is 0 Å². The maximum Gasteiger partial charge on any atom is 0.0620 e. The van der Waals surface area contributed by atoms with E-state index in [1.165, 1.54) is 104 Å². The van der Waals surface area contributed by atoms with Gasteiger partial charge in [-0.25, -0.2) is 0 Å². The van der Waals surface area contributed by atoms with E-state index in [2.05, 4.69) is 273 Å². The summed E-state index contributed by atoms with van der Waals surface area (Å²) in [6, 6.07) is 93.3. The van der Waals surface area contributed by atoms with Crippen molar-refractivity contribution in [3.63, 3.8) is 0 Å². The van der Waals surface area contributed by atoms with Crippen molar-refractivity contribution in [1.29, 1.82) is 0 Å². The van der Waals surface area contributed by atoms with Crippen LogP contribution in [0.25, 0.3) is 115 Å². The minimum atomic E-state index is 1.08. The molecule has 4 nitrogen and oxygen atoms in total. The van der Waals surface area contributed by atoms with Gasteiger partial charge in [0.1, 0.15) is 0 Å². The van der Waals surface area contributed by atoms with Crippen LogP contribution in [0.3, 0.4) is 0 Å². The van der Waals surface area contributed by atoms with E-state index >= 15 is 0 Å². The quantitative estimate of drug-likeness (QED) is 0.156. The van der Waals surface area contributed by atoms with Crippen LogP contribution >= 0.6 is 0 Å². The Hall–Kier alpha value is -9.38. The first-order chi connectivity index (χ1) is 34.7. The average molecular weight is 891 g/mol. The van der Waals surface area contributed by atoms with Crippen LogP contribution in [0, 0.1) is 0 Å². The number of nitrogens with zero attached hydrogens (tertiary/aromatic N) is 4. The normalized spacial score (nSPS) is 12.0. The number of anilines is 3. The fourth-order valence-corrected chi connectivity index (χ4v) is 11.6. The number of benzene rings is 11. The number of rotatable bonds is 7. The first-order valence-corrected chi connectivity index (χ1v) is 24.1. The van der Waals surface area contributed by atoms with Gasteiger partial charge >= 0.3 is 0 Å². The predicted molar refractivity (Wildman–Crippen MR) is 295 cm³/mol. The zero-order valence-corrected chi connectivity index (χ0v) is 38.0. The summed E-state index contributed by atoms with van der Waals surface area (Å²) in [7, 11) is 0. The molecule has 326 valence electrons. The van der Waals surface area contributed by atoms with E-state index in [9.17, 15) is 0 Å². The summed E-state index contributed by atoms with van der Waals surface area (Å²) in [5.74, 6) is 0. The Kier molecular flexibility index (Phi) is 8.33. The van der Waals surface area contributed by atoms with Gasteiger partial charge in [-0.05, 0) is 125 Å². The third-order valence-electron chi connectivity index (χ3n) is 14.8. The average Bonchev–Trinajstić information content (AvgIpc) is 4.16. The Morgan fingerprint density at radius 3 is 1.01 bits per heavy atom. The molecule has 0 aliphatic rings. The molecule has 15 rings (SSSR count). The van der Waals surface area contributed by atoms with Crippen LogP contribution in [0.15, 0.2) is 255 Å². The van der Waals surface area contributed by atoms with Gasteiger partial charge in [0.15, 0.2) is 0 Å². The molecule has 0 saturated carbocycles. The van der Waals surface area contributed by atoms with Crippen molar-refractivity contribution in [2.75, 3.05) is 4.90 Å². The molecule has 0 spiro atoms. The van der Waals surface area contributed by atoms with Crippen LogP contribution in [-0.2, 0) is 0 Å². The highest BCUT2D eigenvalue weighted by Crippen LogP contribution is 2.42. The van der Waals surface area contributed by atoms with Crippen LogP contribution < -0.4 is 4.90 Å². The topological polar surface area (TPSA) is 17.5 Å². The van der Waals surface area contributed by atoms with Crippen molar-refractivity contribution >= 4 is 98.8 Å². The molecule has 0 aliphatic carbocycles. The van der Waals surface area contributed by atoms with Crippen LogP contribution in [0.2, 0.25) is 0 Å². The van der Waals surface area contributed by atoms with Gasteiger partial charge in [-0.15, -0.1) is 0 Å². The third-order valence-corrected chi connectivity index (χ3v) is 14.8. The molecule has 0 amide bonds. The van der Waals surface area contributed by atoms with Gasteiger partial charge in [0.2, 0.25) is 0 Å². The van der Waals surface area contributed by atoms with Gasteiger partial charge in [-0.2, -0.15) is 0 Å². The van der Waals surface area contributed by atoms with Crippen LogP contribution in [-0.4, -0.2) is 13.5 Å². The SMILES string of the molecule is c1ccc2c(c1)c1ccccc1n2-c1ccc(-c2ccc(N(c3ccc(-c4ccc5c(c4)c4cccc6c7ccccc7n5c64)cc3)c3ccc(-n4c5ccccc5c5ccccc54)cc3)cc2)cc1. The van der Waals surface area contributed by atoms with E-state index in [0.717, 1.165) is 28.4 Å². The molecule has 70 heavy (non-hydrogen) atoms. The Morgan fingerprint density at radius 2 is 0.543 bits per heavy atom. The second-order valence-electron chi connectivity index (χ2n) is 18.5. The van der Waals surface area contributed by atoms with E-state index in [-0.39, 0.29) is 0 Å². The molecule has 4 aromatic heterocycles. The van der Waals surface area contributed by atoms with Gasteiger partial charge in [0.05, 0.1) is 38.6 Å². The number of hydrogen-bond donors (Lipinski definition) is 0. The first kappa shape index (κ1) is 38.7. The van der Waals surface area contributed by atoms with Crippen molar-refractivity contribution in [2.45, 2.75) is 0 Å². The van der Waals surface area contributed by atoms with E-state index < -0.39 is 0 Å². The summed E-state index contributed by atoms with van der Waals surface area (Å²) in [4.78, 5) is 2.37. The van der Waals surface area contributed by atoms with Crippen molar-refractivity contribution in [3.8, 4) is 33.6 Å². The number of aromatic nitrogens is 3. The number of para-hydroxylation sites is 6. The Balaban J connectivity index is 0.807. The van der Waals surface area contributed by atoms with Crippen LogP contribution in [0.4, 0.5) is 17.1 Å². The fraction of sp³-hybridized carbons (Fsp3) is 0. The van der Waals surface area contributed by atoms with Gasteiger partial charge in [-0.3, -0.25) is 0 Å². The molecular formula is C66H42N4. The lowest BCUT2D eigenvalue weighted by Crippen LogP contribution is -2.10. The van der Waals surface area contributed by atoms with Crippen molar-refractivity contribution in [3.05, 3.63) is 255 Å². The van der Waals surface area contributed by atoms with E-state index in [4.69, 9.17) is 0 Å². The standard InChI is InChI=1S/C66H42N4/c1-6-19-60-52(12-1)53-13-2-7-20-61(53)68(60)50-35-26-44(27-36-50)43-24-31-47(32-25-43)67(49-37-39-51(40-38-49)69-62-21-8-3-14-54(62)55-15-4-9-22-63(55)69)48-33-28-45(29-34-48)46-30-41-65-59(42-46)58-18-11-17-57-56-16-5-10-23-64(56)70(65)66(57)58/h1-42H. The second-order valence-corrected chi connectivity index (χ2v) is 18.5. The van der Waals surface area contributed by atoms with E-state index in [1.54, 1.807) is 0 Å². The van der Waals surface area contributed by atoms with E-state index in [0.29, 0.717) is 0 Å². The summed E-state index contributed by atoms with van der Waals surface area (Å²) >= 11 is 0. The number of fused-ring (bicyclic) bond motifs is 12. The van der Waals surface area contributed by atoms with Crippen molar-refractivity contribution in [1.82, 2.24) is 13.5 Å². The van der Waals surface area contributed by atoms with Crippen LogP contribution in [0.5, 0.6) is 0 Å². The molecule has 0 radical (unpaired) electrons. The highest BCUT2D eigenvalue weighted by Gasteiger charge is 2.20. The highest BCUT2D eigenvalue weighted by atomic mass is 15.1. The smallest absolute Gasteiger partial charge is 0.0620 e. The summed E-state index contributed by atoms with van der Waals surface area (Å²) < 4.78 is 7.20. The molecule has 0 fully saturated rings. The summed E-state index contributed by atoms with van der Waals surface area (Å²) in [6.07, 6.45) is 0. The lowest BCUT2D eigenvalue weighted by molar-refractivity contribution is 1.17. The van der Waals surface area contributed by atoms with Crippen molar-refractivity contribution in [2.24, 2.45) is 0 Å². The zero-order chi connectivity index (χ0) is 45.9. The monoisotopic (exact) mass is 890 g/mol. The fourth-order valence-electron chi connectivity index (χ4n) is 11.6. The molecule has 0 atom stereocenters. The third kappa shape index (κ3) is 5.71. The van der Waals surface area contributed by atoms with Gasteiger partial charge in [-0.1, -0.05) is 152 Å². The first-order valence-electron chi connectivity index (χ1n) is 24.1. The van der Waals surface area contributed by atoms with Gasteiger partial charge < -0.3 is 18.4 Å². The Labute approximate surface area is 403 Å². The summed E-state index contributed by atoms with van der Waals surface area (Å²) in [6.45, 7) is 0. The summed E-state index contributed by atoms with van der Waals surface area (Å²) in [5.41, 5.74) is 18.9. The largest absolute Gasteiger partial charge is 0.311 e. The lowest BCUT2D eigenvalue weighted by Gasteiger charge is -2.26. The molecule has 0 bridgehead atoms. The molecule has 11 aromatic carbocycles. The van der Waals surface area contributed by atoms with Gasteiger partial charge in [0, 0.05) is 71.5 Å².